The van der Waals surface area contributed by atoms with Crippen LogP contribution in [0.1, 0.15) is 24.5 Å². The van der Waals surface area contributed by atoms with Crippen molar-refractivity contribution in [2.24, 2.45) is 5.92 Å². The van der Waals surface area contributed by atoms with Gasteiger partial charge in [-0.25, -0.2) is 0 Å². The highest BCUT2D eigenvalue weighted by Gasteiger charge is 2.38. The molecule has 5 heteroatoms. The van der Waals surface area contributed by atoms with Crippen LogP contribution in [0.3, 0.4) is 0 Å². The van der Waals surface area contributed by atoms with Crippen molar-refractivity contribution < 1.29 is 5.11 Å². The average molecular weight is 425 g/mol. The van der Waals surface area contributed by atoms with Gasteiger partial charge < -0.3 is 14.9 Å². The van der Waals surface area contributed by atoms with E-state index in [1.807, 2.05) is 18.2 Å². The minimum atomic E-state index is -0.805. The highest BCUT2D eigenvalue weighted by atomic mass is 35.5. The van der Waals surface area contributed by atoms with E-state index >= 15 is 0 Å². The Morgan fingerprint density at radius 1 is 0.893 bits per heavy atom. The first-order valence-electron chi connectivity index (χ1n) is 9.84. The molecule has 0 saturated carbocycles. The number of likely N-dealkylation sites (N-methyl/N-ethyl adjacent to an activating group) is 1. The fourth-order valence-electron chi connectivity index (χ4n) is 4.08. The molecule has 2 aromatic carbocycles. The zero-order chi connectivity index (χ0) is 18.4. The second-order valence-corrected chi connectivity index (χ2v) is 7.63. The van der Waals surface area contributed by atoms with Gasteiger partial charge >= 0.3 is 0 Å². The summed E-state index contributed by atoms with van der Waals surface area (Å²) in [5, 5.41) is 11.8. The smallest absolute Gasteiger partial charge is 0.0937 e. The SMILES string of the molecule is CCC(O)(c1ccccc1)C(Cc1ccccc1)CN1CCN(C)CC1.Cl.Cl. The molecule has 1 heterocycles. The molecule has 2 atom stereocenters. The van der Waals surface area contributed by atoms with E-state index in [0.717, 1.165) is 51.1 Å². The summed E-state index contributed by atoms with van der Waals surface area (Å²) < 4.78 is 0. The van der Waals surface area contributed by atoms with Crippen molar-refractivity contribution in [3.05, 3.63) is 71.8 Å². The highest BCUT2D eigenvalue weighted by Crippen LogP contribution is 2.36. The lowest BCUT2D eigenvalue weighted by Crippen LogP contribution is -2.50. The van der Waals surface area contributed by atoms with Gasteiger partial charge in [0.1, 0.15) is 0 Å². The maximum absolute atomic E-state index is 11.8. The molecule has 0 radical (unpaired) electrons. The van der Waals surface area contributed by atoms with Gasteiger partial charge in [0.25, 0.3) is 0 Å². The monoisotopic (exact) mass is 424 g/mol. The molecule has 3 nitrogen and oxygen atoms in total. The lowest BCUT2D eigenvalue weighted by Gasteiger charge is -2.41. The van der Waals surface area contributed by atoms with Crippen molar-refractivity contribution in [3.63, 3.8) is 0 Å². The molecule has 2 unspecified atom stereocenters. The van der Waals surface area contributed by atoms with E-state index in [0.29, 0.717) is 0 Å². The largest absolute Gasteiger partial charge is 0.385 e. The average Bonchev–Trinajstić information content (AvgIpc) is 2.70. The molecule has 0 spiro atoms. The van der Waals surface area contributed by atoms with Gasteiger partial charge in [-0.1, -0.05) is 67.6 Å². The van der Waals surface area contributed by atoms with E-state index in [-0.39, 0.29) is 30.7 Å². The summed E-state index contributed by atoms with van der Waals surface area (Å²) in [7, 11) is 2.19. The second-order valence-electron chi connectivity index (χ2n) is 7.63. The van der Waals surface area contributed by atoms with Crippen LogP contribution in [0.5, 0.6) is 0 Å². The summed E-state index contributed by atoms with van der Waals surface area (Å²) in [5.41, 5.74) is 1.53. The molecule has 0 aromatic heterocycles. The number of hydrogen-bond acceptors (Lipinski definition) is 3. The van der Waals surface area contributed by atoms with Crippen molar-refractivity contribution in [1.82, 2.24) is 9.80 Å². The zero-order valence-corrected chi connectivity index (χ0v) is 18.6. The van der Waals surface area contributed by atoms with Gasteiger partial charge in [0, 0.05) is 38.6 Å². The van der Waals surface area contributed by atoms with Crippen LogP contribution < -0.4 is 0 Å². The molecule has 0 aliphatic carbocycles. The third-order valence-electron chi connectivity index (χ3n) is 5.89. The zero-order valence-electron chi connectivity index (χ0n) is 17.0. The number of benzene rings is 2. The van der Waals surface area contributed by atoms with Crippen molar-refractivity contribution >= 4 is 24.8 Å². The van der Waals surface area contributed by atoms with Crippen molar-refractivity contribution in [2.45, 2.75) is 25.4 Å². The van der Waals surface area contributed by atoms with Crippen molar-refractivity contribution in [3.8, 4) is 0 Å². The van der Waals surface area contributed by atoms with E-state index in [9.17, 15) is 5.11 Å². The topological polar surface area (TPSA) is 26.7 Å². The molecule has 1 aliphatic rings. The van der Waals surface area contributed by atoms with E-state index in [4.69, 9.17) is 0 Å². The fourth-order valence-corrected chi connectivity index (χ4v) is 4.08. The van der Waals surface area contributed by atoms with Crippen LogP contribution in [0.2, 0.25) is 0 Å². The normalized spacial score (nSPS) is 18.4. The lowest BCUT2D eigenvalue weighted by atomic mass is 9.76. The van der Waals surface area contributed by atoms with Crippen LogP contribution in [0.25, 0.3) is 0 Å². The molecule has 2 aromatic rings. The third-order valence-corrected chi connectivity index (χ3v) is 5.89. The molecule has 3 rings (SSSR count). The number of rotatable bonds is 7. The molecule has 1 fully saturated rings. The summed E-state index contributed by atoms with van der Waals surface area (Å²) >= 11 is 0. The summed E-state index contributed by atoms with van der Waals surface area (Å²) in [6.45, 7) is 7.41. The number of nitrogens with zero attached hydrogens (tertiary/aromatic N) is 2. The van der Waals surface area contributed by atoms with Crippen molar-refractivity contribution in [2.75, 3.05) is 39.8 Å². The van der Waals surface area contributed by atoms with Gasteiger partial charge in [0.15, 0.2) is 0 Å². The molecular formula is C23H34Cl2N2O. The van der Waals surface area contributed by atoms with Crippen molar-refractivity contribution in [1.29, 1.82) is 0 Å². The Kier molecular flexibility index (Phi) is 10.5. The van der Waals surface area contributed by atoms with Crippen LogP contribution in [0.4, 0.5) is 0 Å². The summed E-state index contributed by atoms with van der Waals surface area (Å²) in [5.74, 6) is 0.167. The highest BCUT2D eigenvalue weighted by molar-refractivity contribution is 5.85. The minimum Gasteiger partial charge on any atom is -0.385 e. The van der Waals surface area contributed by atoms with Crippen LogP contribution in [0, 0.1) is 5.92 Å². The Morgan fingerprint density at radius 3 is 1.96 bits per heavy atom. The Labute approximate surface area is 182 Å². The Balaban J connectivity index is 0.00000196. The van der Waals surface area contributed by atoms with Gasteiger partial charge in [-0.3, -0.25) is 0 Å². The molecule has 1 aliphatic heterocycles. The van der Waals surface area contributed by atoms with Crippen LogP contribution in [0.15, 0.2) is 60.7 Å². The number of aliphatic hydroxyl groups is 1. The van der Waals surface area contributed by atoms with Crippen LogP contribution >= 0.6 is 24.8 Å². The molecule has 28 heavy (non-hydrogen) atoms. The quantitative estimate of drug-likeness (QED) is 0.719. The molecule has 156 valence electrons. The molecule has 0 bridgehead atoms. The Morgan fingerprint density at radius 2 is 1.43 bits per heavy atom. The maximum atomic E-state index is 11.8. The molecule has 1 N–H and O–H groups in total. The maximum Gasteiger partial charge on any atom is 0.0937 e. The summed E-state index contributed by atoms with van der Waals surface area (Å²) in [6, 6.07) is 20.8. The van der Waals surface area contributed by atoms with E-state index < -0.39 is 5.60 Å². The van der Waals surface area contributed by atoms with Gasteiger partial charge in [-0.15, -0.1) is 24.8 Å². The summed E-state index contributed by atoms with van der Waals surface area (Å²) in [6.07, 6.45) is 1.62. The number of hydrogen-bond donors (Lipinski definition) is 1. The number of piperazine rings is 1. The van der Waals surface area contributed by atoms with E-state index in [1.165, 1.54) is 5.56 Å². The van der Waals surface area contributed by atoms with Gasteiger partial charge in [0.2, 0.25) is 0 Å². The van der Waals surface area contributed by atoms with Gasteiger partial charge in [-0.2, -0.15) is 0 Å². The molecular weight excluding hydrogens is 391 g/mol. The lowest BCUT2D eigenvalue weighted by molar-refractivity contribution is -0.0444. The number of halogens is 2. The molecule has 1 saturated heterocycles. The Bertz CT molecular complexity index is 663. The van der Waals surface area contributed by atoms with Gasteiger partial charge in [-0.05, 0) is 31.0 Å². The second kappa shape index (κ2) is 11.8. The Hall–Kier alpha value is -1.10. The van der Waals surface area contributed by atoms with Crippen LogP contribution in [-0.2, 0) is 12.0 Å². The first kappa shape index (κ1) is 24.9. The molecule has 0 amide bonds. The van der Waals surface area contributed by atoms with E-state index in [2.05, 4.69) is 66.2 Å². The first-order chi connectivity index (χ1) is 12.6. The van der Waals surface area contributed by atoms with Gasteiger partial charge in [0.05, 0.1) is 5.60 Å². The minimum absolute atomic E-state index is 0. The standard InChI is InChI=1S/C23H32N2O.2ClH/c1-3-23(26,21-12-8-5-9-13-21)22(18-20-10-6-4-7-11-20)19-25-16-14-24(2)15-17-25;;/h4-13,22,26H,3,14-19H2,1-2H3;2*1H. The summed E-state index contributed by atoms with van der Waals surface area (Å²) in [4.78, 5) is 4.91. The van der Waals surface area contributed by atoms with Crippen LogP contribution in [-0.4, -0.2) is 54.7 Å². The predicted octanol–water partition coefficient (Wildman–Crippen LogP) is 4.23. The van der Waals surface area contributed by atoms with E-state index in [1.54, 1.807) is 0 Å². The fraction of sp³-hybridized carbons (Fsp3) is 0.478. The predicted molar refractivity (Wildman–Crippen MR) is 123 cm³/mol. The third kappa shape index (κ3) is 6.20. The first-order valence-corrected chi connectivity index (χ1v) is 9.84.